The second kappa shape index (κ2) is 25.5. The Kier molecular flexibility index (Phi) is 18.3. The number of benzene rings is 3. The molecular weight excluding hydrogens is 1050 g/mol. The molecule has 0 aromatic heterocycles. The van der Waals surface area contributed by atoms with Gasteiger partial charge in [-0.05, 0) is 306 Å². The Hall–Kier alpha value is -2.78. The summed E-state index contributed by atoms with van der Waals surface area (Å²) in [6, 6.07) is 9.50. The van der Waals surface area contributed by atoms with E-state index in [1.807, 2.05) is 0 Å². The number of hydrogen-bond acceptors (Lipinski definition) is 11. The molecule has 11 heteroatoms. The van der Waals surface area contributed by atoms with Crippen LogP contribution in [0, 0.1) is 62.3 Å². The van der Waals surface area contributed by atoms with Gasteiger partial charge in [0, 0.05) is 81.9 Å². The number of ether oxygens (including phenoxy) is 6. The molecule has 1 N–H and O–H groups in total. The highest BCUT2D eigenvalue weighted by Crippen LogP contribution is 2.48. The second-order valence-corrected chi connectivity index (χ2v) is 30.1. The molecule has 0 amide bonds. The summed E-state index contributed by atoms with van der Waals surface area (Å²) in [6.45, 7) is 40.8. The van der Waals surface area contributed by atoms with E-state index in [4.69, 9.17) is 28.4 Å². The van der Waals surface area contributed by atoms with E-state index in [2.05, 4.69) is 112 Å². The third kappa shape index (κ3) is 12.3. The Morgan fingerprint density at radius 3 is 0.988 bits per heavy atom. The first-order valence-electron chi connectivity index (χ1n) is 34.7. The molecule has 3 aromatic rings. The van der Waals surface area contributed by atoms with Gasteiger partial charge in [0.25, 0.3) is 0 Å². The third-order valence-electron chi connectivity index (χ3n) is 25.0. The van der Waals surface area contributed by atoms with Gasteiger partial charge in [0.2, 0.25) is 0 Å². The highest BCUT2D eigenvalue weighted by atomic mass is 16.5. The zero-order valence-electron chi connectivity index (χ0n) is 54.7. The number of nitrogens with zero attached hydrogens (tertiary/aromatic N) is 4. The number of likely N-dealkylation sites (tertiary alicyclic amines) is 4. The van der Waals surface area contributed by atoms with Crippen LogP contribution in [0.1, 0.15) is 215 Å². The van der Waals surface area contributed by atoms with Crippen molar-refractivity contribution < 1.29 is 28.4 Å². The van der Waals surface area contributed by atoms with Crippen molar-refractivity contribution in [1.82, 2.24) is 24.9 Å². The van der Waals surface area contributed by atoms with Crippen molar-refractivity contribution in [2.45, 2.75) is 229 Å². The van der Waals surface area contributed by atoms with Crippen molar-refractivity contribution in [1.29, 1.82) is 0 Å². The zero-order valence-corrected chi connectivity index (χ0v) is 54.7. The topological polar surface area (TPSA) is 80.4 Å². The molecule has 0 bridgehead atoms. The van der Waals surface area contributed by atoms with E-state index in [0.29, 0.717) is 53.6 Å². The van der Waals surface area contributed by atoms with E-state index < -0.39 is 0 Å². The van der Waals surface area contributed by atoms with E-state index in [0.717, 1.165) is 85.6 Å². The largest absolute Gasteiger partial charge is 0.381 e. The van der Waals surface area contributed by atoms with E-state index in [-0.39, 0.29) is 16.8 Å². The van der Waals surface area contributed by atoms with E-state index in [9.17, 15) is 0 Å². The van der Waals surface area contributed by atoms with Gasteiger partial charge in [-0.2, -0.15) is 0 Å². The lowest BCUT2D eigenvalue weighted by molar-refractivity contribution is -0.100. The highest BCUT2D eigenvalue weighted by Gasteiger charge is 2.51. The molecule has 3 unspecified atom stereocenters. The van der Waals surface area contributed by atoms with Gasteiger partial charge in [-0.25, -0.2) is 0 Å². The first kappa shape index (κ1) is 61.1. The Morgan fingerprint density at radius 2 is 0.718 bits per heavy atom. The van der Waals surface area contributed by atoms with Crippen LogP contribution in [0.25, 0.3) is 0 Å². The van der Waals surface area contributed by atoms with Gasteiger partial charge in [-0.3, -0.25) is 14.7 Å². The van der Waals surface area contributed by atoms with Gasteiger partial charge in [-0.1, -0.05) is 18.2 Å². The molecular formula is C74H111N5O6. The molecule has 6 atom stereocenters. The maximum atomic E-state index is 6.26. The minimum absolute atomic E-state index is 0.169. The molecule has 11 saturated heterocycles. The fourth-order valence-electron chi connectivity index (χ4n) is 18.9. The Labute approximate surface area is 513 Å². The molecule has 468 valence electrons. The smallest absolute Gasteiger partial charge is 0.0951 e. The van der Waals surface area contributed by atoms with Gasteiger partial charge in [0.1, 0.15) is 0 Å². The summed E-state index contributed by atoms with van der Waals surface area (Å²) in [7, 11) is 2.20. The zero-order chi connectivity index (χ0) is 58.8. The van der Waals surface area contributed by atoms with Crippen molar-refractivity contribution in [3.63, 3.8) is 0 Å². The predicted molar refractivity (Wildman–Crippen MR) is 343 cm³/mol. The van der Waals surface area contributed by atoms with Crippen LogP contribution in [-0.2, 0) is 28.4 Å². The number of rotatable bonds is 9. The molecule has 1 aliphatic carbocycles. The average Bonchev–Trinajstić information content (AvgIpc) is 4.28. The molecule has 3 aromatic carbocycles. The van der Waals surface area contributed by atoms with Crippen molar-refractivity contribution in [3.05, 3.63) is 102 Å². The standard InChI is InChI=1S/C25H38N2O2.C25H37NO2.C24H36N2O2/c1-17-11-23(24(19(3)18(17)2)21-7-10-28-13-21)20-5-8-27(9-6-20)22-12-25(29-14-22)15-26(4)16-25;1-17-13-23(24(19(3)18(17)2)21-7-12-27-15-21)20-5-10-26(11-6-20)22-14-25(28-16-22)8-4-9-25;1-16-10-22(23(18(3)17(16)2)20-6-9-27-12-20)19-4-7-26(8-5-19)21-11-24(28-13-21)14-25-15-24/h11,20-22H,5-10,12-16H2,1-4H3;13,20-22H,4-12,14-16H2,1-3H3;10,19-21,25H,4-9,11-15H2,1-3H3/t2*21?,22-;20?,21-/m000/s1. The summed E-state index contributed by atoms with van der Waals surface area (Å²) in [6.07, 6.45) is 19.0. The third-order valence-corrected chi connectivity index (χ3v) is 25.0. The van der Waals surface area contributed by atoms with Crippen molar-refractivity contribution in [3.8, 4) is 0 Å². The summed E-state index contributed by atoms with van der Waals surface area (Å²) in [4.78, 5) is 10.6. The maximum Gasteiger partial charge on any atom is 0.0951 e. The average molecular weight is 1170 g/mol. The number of likely N-dealkylation sites (N-methyl/N-ethyl adjacent to an activating group) is 1. The SMILES string of the molecule is Cc1cc(C2CCN([C@@H]3COC4(C3)CN(C)C4)CC2)c(C2CCOC2)c(C)c1C.Cc1cc(C2CCN([C@@H]3COC4(CCC4)C3)CC2)c(C2CCOC2)c(C)c1C.Cc1cc(C2CCN([C@@H]3COC4(CNC4)C3)CC2)c(C2CCOC2)c(C)c1C. The van der Waals surface area contributed by atoms with Crippen LogP contribution in [0.5, 0.6) is 0 Å². The molecule has 11 nitrogen and oxygen atoms in total. The molecule has 1 saturated carbocycles. The number of aryl methyl sites for hydroxylation is 3. The first-order valence-corrected chi connectivity index (χ1v) is 34.7. The predicted octanol–water partition coefficient (Wildman–Crippen LogP) is 12.2. The molecule has 12 aliphatic rings. The Morgan fingerprint density at radius 1 is 0.388 bits per heavy atom. The van der Waals surface area contributed by atoms with Crippen LogP contribution in [0.2, 0.25) is 0 Å². The monoisotopic (exact) mass is 1170 g/mol. The molecule has 12 fully saturated rings. The van der Waals surface area contributed by atoms with Crippen LogP contribution in [0.3, 0.4) is 0 Å². The number of hydrogen-bond donors (Lipinski definition) is 1. The lowest BCUT2D eigenvalue weighted by Crippen LogP contribution is -2.60. The van der Waals surface area contributed by atoms with Crippen LogP contribution in [0.15, 0.2) is 18.2 Å². The molecule has 3 spiro atoms. The van der Waals surface area contributed by atoms with Gasteiger partial charge in [0.05, 0.1) is 56.4 Å². The molecule has 11 aliphatic heterocycles. The van der Waals surface area contributed by atoms with Crippen LogP contribution in [0.4, 0.5) is 0 Å². The quantitative estimate of drug-likeness (QED) is 0.223. The minimum Gasteiger partial charge on any atom is -0.381 e. The van der Waals surface area contributed by atoms with Crippen molar-refractivity contribution in [2.24, 2.45) is 0 Å². The summed E-state index contributed by atoms with van der Waals surface area (Å²) in [5.74, 6) is 3.92. The summed E-state index contributed by atoms with van der Waals surface area (Å²) >= 11 is 0. The van der Waals surface area contributed by atoms with E-state index in [1.165, 1.54) is 186 Å². The normalized spacial score (nSPS) is 30.8. The fraction of sp³-hybridized carbons (Fsp3) is 0.757. The summed E-state index contributed by atoms with van der Waals surface area (Å²) in [5, 5.41) is 3.39. The molecule has 11 heterocycles. The molecule has 85 heavy (non-hydrogen) atoms. The van der Waals surface area contributed by atoms with Gasteiger partial charge in [-0.15, -0.1) is 0 Å². The summed E-state index contributed by atoms with van der Waals surface area (Å²) < 4.78 is 36.0. The number of piperidine rings is 3. The Bertz CT molecular complexity index is 2690. The van der Waals surface area contributed by atoms with Crippen molar-refractivity contribution >= 4 is 0 Å². The lowest BCUT2D eigenvalue weighted by atomic mass is 9.76. The second-order valence-electron chi connectivity index (χ2n) is 30.1. The van der Waals surface area contributed by atoms with Gasteiger partial charge < -0.3 is 38.6 Å². The van der Waals surface area contributed by atoms with E-state index >= 15 is 0 Å². The highest BCUT2D eigenvalue weighted by molar-refractivity contribution is 5.51. The summed E-state index contributed by atoms with van der Waals surface area (Å²) in [5.41, 5.74) is 23.9. The minimum atomic E-state index is 0.169. The first-order chi connectivity index (χ1) is 41.1. The maximum absolute atomic E-state index is 6.26. The number of nitrogens with one attached hydrogen (secondary N) is 1. The van der Waals surface area contributed by atoms with Crippen LogP contribution < -0.4 is 5.32 Å². The molecule has 15 rings (SSSR count). The van der Waals surface area contributed by atoms with Gasteiger partial charge in [0.15, 0.2) is 0 Å². The van der Waals surface area contributed by atoms with Crippen LogP contribution >= 0.6 is 0 Å². The lowest BCUT2D eigenvalue weighted by Gasteiger charge is -2.45. The fourth-order valence-corrected chi connectivity index (χ4v) is 18.9. The Balaban J connectivity index is 0.000000119. The van der Waals surface area contributed by atoms with Crippen LogP contribution in [-0.4, -0.2) is 186 Å². The van der Waals surface area contributed by atoms with Gasteiger partial charge >= 0.3 is 0 Å². The van der Waals surface area contributed by atoms with Crippen molar-refractivity contribution in [2.75, 3.05) is 132 Å². The van der Waals surface area contributed by atoms with E-state index in [1.54, 1.807) is 33.4 Å². The molecule has 0 radical (unpaired) electrons.